The molecule has 0 nitrogen and oxygen atoms in total. The fourth-order valence-corrected chi connectivity index (χ4v) is 3.44. The fraction of sp³-hybridized carbons (Fsp3) is 0.217. The van der Waals surface area contributed by atoms with Crippen LogP contribution in [0.15, 0.2) is 71.6 Å². The lowest BCUT2D eigenvalue weighted by atomic mass is 9.90. The summed E-state index contributed by atoms with van der Waals surface area (Å²) in [4.78, 5) is 1.000. The Labute approximate surface area is 151 Å². The molecule has 0 aromatic heterocycles. The van der Waals surface area contributed by atoms with E-state index in [9.17, 15) is 0 Å². The van der Waals surface area contributed by atoms with Gasteiger partial charge in [-0.05, 0) is 58.4 Å². The fourth-order valence-electron chi connectivity index (χ4n) is 3.29. The van der Waals surface area contributed by atoms with Crippen molar-refractivity contribution < 1.29 is 0 Å². The Morgan fingerprint density at radius 3 is 1.75 bits per heavy atom. The average Bonchev–Trinajstić information content (AvgIpc) is 2.63. The zero-order valence-corrected chi connectivity index (χ0v) is 15.3. The quantitative estimate of drug-likeness (QED) is 0.487. The average molecular weight is 333 g/mol. The van der Waals surface area contributed by atoms with Gasteiger partial charge in [0.05, 0.1) is 0 Å². The first kappa shape index (κ1) is 16.9. The largest absolute Gasteiger partial charge is 0.143 e. The minimum absolute atomic E-state index is 1.000. The SMILES string of the molecule is CCCc1ccc(-c2cccc(-c3ccc(S)cc3)c2CC)cc1. The summed E-state index contributed by atoms with van der Waals surface area (Å²) < 4.78 is 0. The summed E-state index contributed by atoms with van der Waals surface area (Å²) in [5, 5.41) is 0. The maximum Gasteiger partial charge on any atom is 0.00404 e. The molecule has 3 aromatic rings. The third-order valence-corrected chi connectivity index (χ3v) is 4.81. The van der Waals surface area contributed by atoms with Gasteiger partial charge in [0.1, 0.15) is 0 Å². The molecule has 0 atom stereocenters. The molecule has 24 heavy (non-hydrogen) atoms. The summed E-state index contributed by atoms with van der Waals surface area (Å²) in [5.41, 5.74) is 8.05. The molecule has 0 heterocycles. The first-order valence-corrected chi connectivity index (χ1v) is 9.18. The van der Waals surface area contributed by atoms with Gasteiger partial charge in [0.25, 0.3) is 0 Å². The van der Waals surface area contributed by atoms with Crippen molar-refractivity contribution in [2.24, 2.45) is 0 Å². The molecule has 0 amide bonds. The molecule has 0 unspecified atom stereocenters. The number of aryl methyl sites for hydroxylation is 1. The summed E-state index contributed by atoms with van der Waals surface area (Å²) >= 11 is 4.40. The van der Waals surface area contributed by atoms with Crippen molar-refractivity contribution in [3.05, 3.63) is 77.9 Å². The molecule has 0 aliphatic carbocycles. The molecule has 122 valence electrons. The Morgan fingerprint density at radius 1 is 0.708 bits per heavy atom. The van der Waals surface area contributed by atoms with Crippen molar-refractivity contribution in [3.63, 3.8) is 0 Å². The number of hydrogen-bond acceptors (Lipinski definition) is 1. The highest BCUT2D eigenvalue weighted by Gasteiger charge is 2.10. The van der Waals surface area contributed by atoms with E-state index in [1.54, 1.807) is 0 Å². The summed E-state index contributed by atoms with van der Waals surface area (Å²) in [6.45, 7) is 4.46. The van der Waals surface area contributed by atoms with Gasteiger partial charge in [0, 0.05) is 4.90 Å². The topological polar surface area (TPSA) is 0 Å². The van der Waals surface area contributed by atoms with E-state index in [2.05, 4.69) is 93.2 Å². The maximum absolute atomic E-state index is 4.40. The van der Waals surface area contributed by atoms with Gasteiger partial charge in [-0.25, -0.2) is 0 Å². The van der Waals surface area contributed by atoms with Gasteiger partial charge in [-0.1, -0.05) is 74.9 Å². The highest BCUT2D eigenvalue weighted by Crippen LogP contribution is 2.33. The van der Waals surface area contributed by atoms with Gasteiger partial charge in [-0.3, -0.25) is 0 Å². The summed E-state index contributed by atoms with van der Waals surface area (Å²) in [7, 11) is 0. The molecule has 0 bridgehead atoms. The van der Waals surface area contributed by atoms with Crippen molar-refractivity contribution in [1.82, 2.24) is 0 Å². The molecule has 0 aliphatic heterocycles. The number of rotatable bonds is 5. The van der Waals surface area contributed by atoms with Crippen LogP contribution in [-0.4, -0.2) is 0 Å². The molecule has 0 saturated heterocycles. The van der Waals surface area contributed by atoms with Crippen molar-refractivity contribution >= 4 is 12.6 Å². The Balaban J connectivity index is 2.05. The van der Waals surface area contributed by atoms with Crippen LogP contribution >= 0.6 is 12.6 Å². The smallest absolute Gasteiger partial charge is 0.00404 e. The second-order valence-electron chi connectivity index (χ2n) is 6.18. The predicted molar refractivity (Wildman–Crippen MR) is 108 cm³/mol. The Bertz CT molecular complexity index is 798. The van der Waals surface area contributed by atoms with E-state index in [4.69, 9.17) is 0 Å². The maximum atomic E-state index is 4.40. The van der Waals surface area contributed by atoms with Crippen LogP contribution < -0.4 is 0 Å². The lowest BCUT2D eigenvalue weighted by molar-refractivity contribution is 0.922. The highest BCUT2D eigenvalue weighted by molar-refractivity contribution is 7.80. The third kappa shape index (κ3) is 3.57. The van der Waals surface area contributed by atoms with Crippen molar-refractivity contribution in [2.75, 3.05) is 0 Å². The standard InChI is InChI=1S/C23H24S/c1-3-6-17-9-11-18(12-10-17)22-7-5-8-23(21(22)4-2)19-13-15-20(24)16-14-19/h5,7-16,24H,3-4,6H2,1-2H3. The van der Waals surface area contributed by atoms with E-state index in [1.807, 2.05) is 0 Å². The van der Waals surface area contributed by atoms with Crippen LogP contribution in [0.2, 0.25) is 0 Å². The summed E-state index contributed by atoms with van der Waals surface area (Å²) in [6, 6.07) is 24.1. The monoisotopic (exact) mass is 332 g/mol. The molecule has 0 N–H and O–H groups in total. The number of thiol groups is 1. The molecule has 1 heteroatoms. The molecule has 0 fully saturated rings. The van der Waals surface area contributed by atoms with Crippen LogP contribution in [0.5, 0.6) is 0 Å². The van der Waals surface area contributed by atoms with Crippen LogP contribution in [0.4, 0.5) is 0 Å². The van der Waals surface area contributed by atoms with E-state index >= 15 is 0 Å². The van der Waals surface area contributed by atoms with Crippen LogP contribution in [0.25, 0.3) is 22.3 Å². The molecule has 0 radical (unpaired) electrons. The zero-order valence-electron chi connectivity index (χ0n) is 14.4. The van der Waals surface area contributed by atoms with E-state index in [0.29, 0.717) is 0 Å². The summed E-state index contributed by atoms with van der Waals surface area (Å²) in [5.74, 6) is 0. The Morgan fingerprint density at radius 2 is 1.25 bits per heavy atom. The normalized spacial score (nSPS) is 10.8. The number of hydrogen-bond donors (Lipinski definition) is 1. The minimum atomic E-state index is 1.000. The van der Waals surface area contributed by atoms with Crippen LogP contribution in [0.3, 0.4) is 0 Å². The first-order chi connectivity index (χ1) is 11.7. The predicted octanol–water partition coefficient (Wildman–Crippen LogP) is 6.82. The van der Waals surface area contributed by atoms with E-state index in [1.165, 1.54) is 39.8 Å². The summed E-state index contributed by atoms with van der Waals surface area (Å²) in [6.07, 6.45) is 3.36. The van der Waals surface area contributed by atoms with Gasteiger partial charge < -0.3 is 0 Å². The molecular weight excluding hydrogens is 308 g/mol. The van der Waals surface area contributed by atoms with Gasteiger partial charge in [-0.15, -0.1) is 12.6 Å². The van der Waals surface area contributed by atoms with Gasteiger partial charge in [-0.2, -0.15) is 0 Å². The molecule has 0 saturated carbocycles. The van der Waals surface area contributed by atoms with E-state index in [-0.39, 0.29) is 0 Å². The second kappa shape index (κ2) is 7.72. The lowest BCUT2D eigenvalue weighted by Crippen LogP contribution is -1.93. The van der Waals surface area contributed by atoms with Gasteiger partial charge >= 0.3 is 0 Å². The second-order valence-corrected chi connectivity index (χ2v) is 6.70. The van der Waals surface area contributed by atoms with Gasteiger partial charge in [0.2, 0.25) is 0 Å². The minimum Gasteiger partial charge on any atom is -0.143 e. The molecule has 3 rings (SSSR count). The van der Waals surface area contributed by atoms with Crippen LogP contribution in [-0.2, 0) is 12.8 Å². The van der Waals surface area contributed by atoms with E-state index < -0.39 is 0 Å². The lowest BCUT2D eigenvalue weighted by Gasteiger charge is -2.15. The molecule has 0 aliphatic rings. The molecule has 3 aromatic carbocycles. The first-order valence-electron chi connectivity index (χ1n) is 8.73. The van der Waals surface area contributed by atoms with Gasteiger partial charge in [0.15, 0.2) is 0 Å². The molecular formula is C23H24S. The zero-order chi connectivity index (χ0) is 16.9. The van der Waals surface area contributed by atoms with Crippen LogP contribution in [0.1, 0.15) is 31.4 Å². The Hall–Kier alpha value is -1.99. The van der Waals surface area contributed by atoms with Crippen molar-refractivity contribution in [1.29, 1.82) is 0 Å². The Kier molecular flexibility index (Phi) is 5.42. The van der Waals surface area contributed by atoms with Crippen molar-refractivity contribution in [3.8, 4) is 22.3 Å². The van der Waals surface area contributed by atoms with E-state index in [0.717, 1.165) is 17.7 Å². The third-order valence-electron chi connectivity index (χ3n) is 4.51. The van der Waals surface area contributed by atoms with Crippen LogP contribution in [0, 0.1) is 0 Å². The number of benzene rings is 3. The molecule has 0 spiro atoms. The van der Waals surface area contributed by atoms with Crippen molar-refractivity contribution in [2.45, 2.75) is 38.0 Å². The highest BCUT2D eigenvalue weighted by atomic mass is 32.1.